The molecule has 0 spiro atoms. The topological polar surface area (TPSA) is 43.6 Å². The number of halogens is 1. The van der Waals surface area contributed by atoms with Crippen molar-refractivity contribution in [1.29, 1.82) is 0 Å². The molecule has 3 aromatic rings. The van der Waals surface area contributed by atoms with Gasteiger partial charge in [-0.3, -0.25) is 0 Å². The lowest BCUT2D eigenvalue weighted by Gasteiger charge is -2.03. The largest absolute Gasteiger partial charge is 0.311 e. The first kappa shape index (κ1) is 10.6. The lowest BCUT2D eigenvalue weighted by molar-refractivity contribution is 0.813. The summed E-state index contributed by atoms with van der Waals surface area (Å²) in [7, 11) is 0. The maximum absolute atomic E-state index is 4.34. The van der Waals surface area contributed by atoms with Gasteiger partial charge in [0, 0.05) is 0 Å². The summed E-state index contributed by atoms with van der Waals surface area (Å²) in [6, 6.07) is 10.3. The zero-order valence-corrected chi connectivity index (χ0v) is 11.1. The first-order chi connectivity index (χ1) is 8.34. The van der Waals surface area contributed by atoms with Crippen LogP contribution in [0.15, 0.2) is 43.0 Å². The van der Waals surface area contributed by atoms with Gasteiger partial charge in [0.15, 0.2) is 5.65 Å². The van der Waals surface area contributed by atoms with E-state index >= 15 is 0 Å². The van der Waals surface area contributed by atoms with Crippen molar-refractivity contribution >= 4 is 33.8 Å². The Morgan fingerprint density at radius 2 is 1.88 bits per heavy atom. The van der Waals surface area contributed by atoms with Gasteiger partial charge in [0.1, 0.15) is 15.5 Å². The number of benzene rings is 1. The van der Waals surface area contributed by atoms with Gasteiger partial charge in [0.25, 0.3) is 0 Å². The highest BCUT2D eigenvalue weighted by molar-refractivity contribution is 14.1. The molecule has 0 aliphatic rings. The number of nitrogens with zero attached hydrogens (tertiary/aromatic N) is 4. The van der Waals surface area contributed by atoms with Gasteiger partial charge in [0.05, 0.1) is 12.9 Å². The molecule has 0 aliphatic heterocycles. The zero-order chi connectivity index (χ0) is 11.7. The molecule has 2 heterocycles. The first-order valence-electron chi connectivity index (χ1n) is 5.20. The number of aromatic nitrogens is 4. The maximum Gasteiger partial charge on any atom is 0.164 e. The first-order valence-corrected chi connectivity index (χ1v) is 6.28. The van der Waals surface area contributed by atoms with E-state index in [9.17, 15) is 0 Å². The summed E-state index contributed by atoms with van der Waals surface area (Å²) in [5, 5.41) is 0. The normalized spacial score (nSPS) is 10.9. The lowest BCUT2D eigenvalue weighted by atomic mass is 10.2. The van der Waals surface area contributed by atoms with Crippen LogP contribution in [0, 0.1) is 3.70 Å². The van der Waals surface area contributed by atoms with Crippen LogP contribution in [-0.4, -0.2) is 19.5 Å². The molecule has 0 radical (unpaired) electrons. The molecule has 0 aliphatic carbocycles. The summed E-state index contributed by atoms with van der Waals surface area (Å²) < 4.78 is 2.92. The molecule has 0 bridgehead atoms. The van der Waals surface area contributed by atoms with E-state index in [2.05, 4.69) is 49.7 Å². The standard InChI is InChI=1S/C12H9IN4/c13-11-10-12(15-7-14-11)17(8-16-10)6-9-4-2-1-3-5-9/h1-5,7-8H,6H2/i13-2. The minimum atomic E-state index is 0.782. The predicted octanol–water partition coefficient (Wildman–Crippen LogP) is 2.48. The van der Waals surface area contributed by atoms with E-state index in [1.54, 1.807) is 6.33 Å². The molecule has 0 amide bonds. The van der Waals surface area contributed by atoms with Crippen LogP contribution >= 0.6 is 22.6 Å². The van der Waals surface area contributed by atoms with E-state index < -0.39 is 0 Å². The molecule has 0 fully saturated rings. The van der Waals surface area contributed by atoms with Gasteiger partial charge >= 0.3 is 0 Å². The van der Waals surface area contributed by atoms with Crippen molar-refractivity contribution in [3.05, 3.63) is 52.3 Å². The van der Waals surface area contributed by atoms with Crippen molar-refractivity contribution in [2.45, 2.75) is 6.54 Å². The summed E-state index contributed by atoms with van der Waals surface area (Å²) in [4.78, 5) is 12.8. The minimum absolute atomic E-state index is 0.782. The molecule has 4 nitrogen and oxygen atoms in total. The average Bonchev–Trinajstić information content (AvgIpc) is 2.76. The van der Waals surface area contributed by atoms with Gasteiger partial charge in [-0.25, -0.2) is 15.0 Å². The van der Waals surface area contributed by atoms with Crippen molar-refractivity contribution in [3.63, 3.8) is 0 Å². The van der Waals surface area contributed by atoms with Crippen molar-refractivity contribution < 1.29 is 0 Å². The number of fused-ring (bicyclic) bond motifs is 1. The predicted molar refractivity (Wildman–Crippen MR) is 73.6 cm³/mol. The monoisotopic (exact) mass is 334 g/mol. The fraction of sp³-hybridized carbons (Fsp3) is 0.0833. The highest BCUT2D eigenvalue weighted by Gasteiger charge is 2.07. The van der Waals surface area contributed by atoms with Crippen LogP contribution < -0.4 is 0 Å². The van der Waals surface area contributed by atoms with Gasteiger partial charge < -0.3 is 4.57 Å². The Hall–Kier alpha value is -1.50. The number of hydrogen-bond donors (Lipinski definition) is 0. The molecule has 0 N–H and O–H groups in total. The van der Waals surface area contributed by atoms with E-state index in [1.807, 2.05) is 29.1 Å². The van der Waals surface area contributed by atoms with Crippen LogP contribution in [0.3, 0.4) is 0 Å². The molecular formula is C12H9IN4. The third kappa shape index (κ3) is 2.02. The highest BCUT2D eigenvalue weighted by atomic mass is 125. The van der Waals surface area contributed by atoms with E-state index in [4.69, 9.17) is 0 Å². The summed E-state index contributed by atoms with van der Waals surface area (Å²) in [5.41, 5.74) is 2.98. The zero-order valence-electron chi connectivity index (χ0n) is 8.92. The highest BCUT2D eigenvalue weighted by Crippen LogP contribution is 2.15. The molecule has 17 heavy (non-hydrogen) atoms. The number of rotatable bonds is 2. The Morgan fingerprint density at radius 1 is 1.06 bits per heavy atom. The molecule has 3 rings (SSSR count). The maximum atomic E-state index is 4.34. The average molecular weight is 334 g/mol. The smallest absolute Gasteiger partial charge is 0.164 e. The van der Waals surface area contributed by atoms with E-state index in [1.165, 1.54) is 5.56 Å². The fourth-order valence-electron chi connectivity index (χ4n) is 1.75. The molecule has 0 saturated carbocycles. The Kier molecular flexibility index (Phi) is 2.76. The Morgan fingerprint density at radius 3 is 2.71 bits per heavy atom. The van der Waals surface area contributed by atoms with E-state index in [-0.39, 0.29) is 0 Å². The number of imidazole rings is 1. The molecule has 0 saturated heterocycles. The summed E-state index contributed by atoms with van der Waals surface area (Å²) >= 11 is 2.18. The second-order valence-electron chi connectivity index (χ2n) is 3.69. The summed E-state index contributed by atoms with van der Waals surface area (Å²) in [6.45, 7) is 0.782. The van der Waals surface area contributed by atoms with E-state index in [0.29, 0.717) is 0 Å². The van der Waals surface area contributed by atoms with Gasteiger partial charge in [-0.15, -0.1) is 0 Å². The molecule has 0 atom stereocenters. The van der Waals surface area contributed by atoms with Crippen LogP contribution in [0.4, 0.5) is 0 Å². The van der Waals surface area contributed by atoms with Gasteiger partial charge in [-0.1, -0.05) is 30.3 Å². The van der Waals surface area contributed by atoms with E-state index in [0.717, 1.165) is 21.4 Å². The Bertz CT molecular complexity index is 648. The third-order valence-electron chi connectivity index (χ3n) is 2.55. The quantitative estimate of drug-likeness (QED) is 0.534. The van der Waals surface area contributed by atoms with Crippen LogP contribution in [0.1, 0.15) is 5.56 Å². The number of hydrogen-bond acceptors (Lipinski definition) is 3. The van der Waals surface area contributed by atoms with Gasteiger partial charge in [0.2, 0.25) is 0 Å². The third-order valence-corrected chi connectivity index (χ3v) is 3.34. The van der Waals surface area contributed by atoms with Crippen LogP contribution in [0.25, 0.3) is 11.2 Å². The van der Waals surface area contributed by atoms with Gasteiger partial charge in [-0.05, 0) is 28.2 Å². The summed E-state index contributed by atoms with van der Waals surface area (Å²) in [6.07, 6.45) is 3.39. The molecule has 0 unspecified atom stereocenters. The van der Waals surface area contributed by atoms with Crippen molar-refractivity contribution in [2.24, 2.45) is 0 Å². The molecule has 1 aromatic carbocycles. The Labute approximate surface area is 112 Å². The van der Waals surface area contributed by atoms with Crippen LogP contribution in [0.2, 0.25) is 0 Å². The summed E-state index contributed by atoms with van der Waals surface area (Å²) in [5.74, 6) is 0. The molecule has 84 valence electrons. The van der Waals surface area contributed by atoms with Crippen molar-refractivity contribution in [3.8, 4) is 0 Å². The minimum Gasteiger partial charge on any atom is -0.311 e. The van der Waals surface area contributed by atoms with Gasteiger partial charge in [-0.2, -0.15) is 0 Å². The second-order valence-corrected chi connectivity index (χ2v) is 4.72. The van der Waals surface area contributed by atoms with Crippen molar-refractivity contribution in [2.75, 3.05) is 0 Å². The van der Waals surface area contributed by atoms with Crippen molar-refractivity contribution in [1.82, 2.24) is 19.5 Å². The molecule has 5 heteroatoms. The van der Waals surface area contributed by atoms with Crippen LogP contribution in [0.5, 0.6) is 0 Å². The second kappa shape index (κ2) is 4.40. The fourth-order valence-corrected chi connectivity index (χ4v) is 2.25. The molecular weight excluding hydrogens is 325 g/mol. The Balaban J connectivity index is 2.05. The lowest BCUT2D eigenvalue weighted by Crippen LogP contribution is -1.99. The molecule has 2 aromatic heterocycles. The van der Waals surface area contributed by atoms with Crippen LogP contribution in [-0.2, 0) is 6.54 Å². The SMILES string of the molecule is [125I]c1ncnc2c1ncn2Cc1ccccc1.